The molecule has 0 radical (unpaired) electrons. The van der Waals surface area contributed by atoms with Crippen LogP contribution in [0.1, 0.15) is 19.4 Å². The molecule has 0 spiro atoms. The largest absolute Gasteiger partial charge is 0.493 e. The number of guanidine groups is 1. The first-order valence-electron chi connectivity index (χ1n) is 11.6. The zero-order valence-corrected chi connectivity index (χ0v) is 19.6. The van der Waals surface area contributed by atoms with Gasteiger partial charge in [0.05, 0.1) is 40.0 Å². The molecule has 1 amide bonds. The van der Waals surface area contributed by atoms with E-state index in [1.807, 2.05) is 30.0 Å². The van der Waals surface area contributed by atoms with Gasteiger partial charge in [0, 0.05) is 45.8 Å². The van der Waals surface area contributed by atoms with Gasteiger partial charge in [-0.05, 0) is 31.5 Å². The number of rotatable bonds is 8. The molecule has 1 aromatic rings. The predicted octanol–water partition coefficient (Wildman–Crippen LogP) is 1.04. The monoisotopic (exact) mass is 447 g/mol. The number of nitrogens with zero attached hydrogens (tertiary/aromatic N) is 4. The first kappa shape index (κ1) is 24.1. The molecule has 32 heavy (non-hydrogen) atoms. The van der Waals surface area contributed by atoms with Gasteiger partial charge in [-0.1, -0.05) is 6.07 Å². The van der Waals surface area contributed by atoms with Crippen molar-refractivity contribution in [2.45, 2.75) is 20.4 Å². The van der Waals surface area contributed by atoms with Crippen molar-refractivity contribution in [1.82, 2.24) is 20.0 Å². The highest BCUT2D eigenvalue weighted by Gasteiger charge is 2.24. The summed E-state index contributed by atoms with van der Waals surface area (Å²) < 4.78 is 16.4. The Kier molecular flexibility index (Phi) is 9.43. The zero-order valence-electron chi connectivity index (χ0n) is 19.6. The Bertz CT molecular complexity index is 759. The van der Waals surface area contributed by atoms with E-state index in [2.05, 4.69) is 22.0 Å². The van der Waals surface area contributed by atoms with Gasteiger partial charge in [0.1, 0.15) is 0 Å². The molecule has 1 aromatic carbocycles. The van der Waals surface area contributed by atoms with Gasteiger partial charge in [0.2, 0.25) is 5.91 Å². The summed E-state index contributed by atoms with van der Waals surface area (Å²) in [6.45, 7) is 12.5. The van der Waals surface area contributed by atoms with Crippen molar-refractivity contribution in [2.24, 2.45) is 4.99 Å². The number of carbonyl (C=O) groups is 1. The van der Waals surface area contributed by atoms with E-state index in [9.17, 15) is 4.79 Å². The molecule has 9 heteroatoms. The molecule has 0 aliphatic carbocycles. The minimum Gasteiger partial charge on any atom is -0.493 e. The molecule has 0 aromatic heterocycles. The second kappa shape index (κ2) is 12.5. The first-order valence-corrected chi connectivity index (χ1v) is 11.6. The molecule has 2 saturated heterocycles. The minimum absolute atomic E-state index is 0.201. The van der Waals surface area contributed by atoms with E-state index >= 15 is 0 Å². The molecule has 2 heterocycles. The number of ether oxygens (including phenoxy) is 3. The molecular formula is C23H37N5O4. The normalized spacial score (nSPS) is 17.9. The van der Waals surface area contributed by atoms with E-state index in [0.29, 0.717) is 46.0 Å². The summed E-state index contributed by atoms with van der Waals surface area (Å²) in [4.78, 5) is 23.8. The highest BCUT2D eigenvalue weighted by atomic mass is 16.5. The second-order valence-corrected chi connectivity index (χ2v) is 7.84. The smallest absolute Gasteiger partial charge is 0.236 e. The summed E-state index contributed by atoms with van der Waals surface area (Å²) in [6.07, 6.45) is 0. The topological polar surface area (TPSA) is 78.9 Å². The fourth-order valence-corrected chi connectivity index (χ4v) is 3.90. The van der Waals surface area contributed by atoms with Crippen LogP contribution in [0.2, 0.25) is 0 Å². The van der Waals surface area contributed by atoms with Crippen molar-refractivity contribution in [1.29, 1.82) is 0 Å². The highest BCUT2D eigenvalue weighted by molar-refractivity contribution is 5.80. The van der Waals surface area contributed by atoms with E-state index in [4.69, 9.17) is 19.2 Å². The van der Waals surface area contributed by atoms with E-state index in [1.54, 1.807) is 7.11 Å². The predicted molar refractivity (Wildman–Crippen MR) is 124 cm³/mol. The summed E-state index contributed by atoms with van der Waals surface area (Å²) in [5, 5.41) is 3.40. The van der Waals surface area contributed by atoms with Gasteiger partial charge in [0.25, 0.3) is 0 Å². The molecule has 0 saturated carbocycles. The SMILES string of the molecule is CCNC(=NCc1ccc(OC)c(OCC)c1)N1CCN(CC(=O)N2CCOCC2)CC1. The maximum atomic E-state index is 12.5. The molecule has 2 aliphatic heterocycles. The van der Waals surface area contributed by atoms with E-state index in [0.717, 1.165) is 55.7 Å². The average molecular weight is 448 g/mol. The Balaban J connectivity index is 1.55. The number of morpholine rings is 1. The number of amides is 1. The number of aliphatic imine (C=N–C) groups is 1. The van der Waals surface area contributed by atoms with Crippen LogP contribution in [0.15, 0.2) is 23.2 Å². The van der Waals surface area contributed by atoms with E-state index in [-0.39, 0.29) is 5.91 Å². The average Bonchev–Trinajstić information content (AvgIpc) is 2.83. The summed E-state index contributed by atoms with van der Waals surface area (Å²) in [5.74, 6) is 2.58. The summed E-state index contributed by atoms with van der Waals surface area (Å²) in [5.41, 5.74) is 1.07. The fourth-order valence-electron chi connectivity index (χ4n) is 3.90. The lowest BCUT2D eigenvalue weighted by molar-refractivity contribution is -0.136. The molecule has 0 unspecified atom stereocenters. The standard InChI is InChI=1S/C23H37N5O4/c1-4-24-23(25-17-19-6-7-20(30-3)21(16-19)32-5-2)28-10-8-26(9-11-28)18-22(29)27-12-14-31-15-13-27/h6-7,16H,4-5,8-15,17-18H2,1-3H3,(H,24,25). The van der Waals surface area contributed by atoms with E-state index in [1.165, 1.54) is 0 Å². The number of methoxy groups -OCH3 is 1. The molecule has 9 nitrogen and oxygen atoms in total. The number of piperazine rings is 1. The molecule has 178 valence electrons. The van der Waals surface area contributed by atoms with Crippen LogP contribution in [-0.4, -0.2) is 106 Å². The van der Waals surface area contributed by atoms with Gasteiger partial charge < -0.3 is 29.3 Å². The maximum absolute atomic E-state index is 12.5. The van der Waals surface area contributed by atoms with Gasteiger partial charge in [0.15, 0.2) is 17.5 Å². The summed E-state index contributed by atoms with van der Waals surface area (Å²) in [6, 6.07) is 5.93. The van der Waals surface area contributed by atoms with Crippen LogP contribution < -0.4 is 14.8 Å². The van der Waals surface area contributed by atoms with Gasteiger partial charge in [-0.25, -0.2) is 4.99 Å². The van der Waals surface area contributed by atoms with Crippen LogP contribution in [0, 0.1) is 0 Å². The van der Waals surface area contributed by atoms with Crippen molar-refractivity contribution < 1.29 is 19.0 Å². The third kappa shape index (κ3) is 6.74. The van der Waals surface area contributed by atoms with Crippen molar-refractivity contribution >= 4 is 11.9 Å². The lowest BCUT2D eigenvalue weighted by Gasteiger charge is -2.37. The van der Waals surface area contributed by atoms with Crippen LogP contribution in [0.4, 0.5) is 0 Å². The molecular weight excluding hydrogens is 410 g/mol. The second-order valence-electron chi connectivity index (χ2n) is 7.84. The molecule has 2 fully saturated rings. The maximum Gasteiger partial charge on any atom is 0.236 e. The van der Waals surface area contributed by atoms with Gasteiger partial charge in [-0.3, -0.25) is 9.69 Å². The molecule has 3 rings (SSSR count). The van der Waals surface area contributed by atoms with Crippen LogP contribution in [0.3, 0.4) is 0 Å². The number of hydrogen-bond acceptors (Lipinski definition) is 6. The lowest BCUT2D eigenvalue weighted by atomic mass is 10.2. The Morgan fingerprint density at radius 2 is 1.81 bits per heavy atom. The third-order valence-electron chi connectivity index (χ3n) is 5.67. The number of carbonyl (C=O) groups excluding carboxylic acids is 1. The summed E-state index contributed by atoms with van der Waals surface area (Å²) in [7, 11) is 1.65. The van der Waals surface area contributed by atoms with Crippen LogP contribution in [0.5, 0.6) is 11.5 Å². The number of nitrogens with one attached hydrogen (secondary N) is 1. The van der Waals surface area contributed by atoms with E-state index < -0.39 is 0 Å². The zero-order chi connectivity index (χ0) is 22.8. The Labute approximate surface area is 191 Å². The van der Waals surface area contributed by atoms with Crippen LogP contribution in [0.25, 0.3) is 0 Å². The molecule has 0 atom stereocenters. The molecule has 1 N–H and O–H groups in total. The Morgan fingerprint density at radius 1 is 1.06 bits per heavy atom. The number of hydrogen-bond donors (Lipinski definition) is 1. The van der Waals surface area contributed by atoms with Crippen molar-refractivity contribution in [3.05, 3.63) is 23.8 Å². The van der Waals surface area contributed by atoms with Gasteiger partial charge in [-0.2, -0.15) is 0 Å². The lowest BCUT2D eigenvalue weighted by Crippen LogP contribution is -2.54. The Hall–Kier alpha value is -2.52. The van der Waals surface area contributed by atoms with Crippen LogP contribution in [-0.2, 0) is 16.1 Å². The van der Waals surface area contributed by atoms with Gasteiger partial charge >= 0.3 is 0 Å². The van der Waals surface area contributed by atoms with Crippen molar-refractivity contribution in [3.8, 4) is 11.5 Å². The minimum atomic E-state index is 0.201. The molecule has 2 aliphatic rings. The first-order chi connectivity index (χ1) is 15.6. The highest BCUT2D eigenvalue weighted by Crippen LogP contribution is 2.28. The van der Waals surface area contributed by atoms with Crippen LogP contribution >= 0.6 is 0 Å². The van der Waals surface area contributed by atoms with Gasteiger partial charge in [-0.15, -0.1) is 0 Å². The van der Waals surface area contributed by atoms with Crippen molar-refractivity contribution in [2.75, 3.05) is 79.3 Å². The molecule has 0 bridgehead atoms. The van der Waals surface area contributed by atoms with Crippen molar-refractivity contribution in [3.63, 3.8) is 0 Å². The number of benzene rings is 1. The fraction of sp³-hybridized carbons (Fsp3) is 0.652. The Morgan fingerprint density at radius 3 is 2.47 bits per heavy atom. The summed E-state index contributed by atoms with van der Waals surface area (Å²) >= 11 is 0. The third-order valence-corrected chi connectivity index (χ3v) is 5.67. The quantitative estimate of drug-likeness (QED) is 0.471.